The van der Waals surface area contributed by atoms with Gasteiger partial charge in [-0.05, 0) is 12.1 Å². The number of nitrogens with one attached hydrogen (secondary N) is 1. The molecule has 0 saturated carbocycles. The minimum absolute atomic E-state index is 0.636. The third kappa shape index (κ3) is 5.67. The molecule has 1 saturated heterocycles. The van der Waals surface area contributed by atoms with Crippen LogP contribution in [0, 0.1) is 0 Å². The van der Waals surface area contributed by atoms with Crippen molar-refractivity contribution >= 4 is 11.6 Å². The van der Waals surface area contributed by atoms with Crippen LogP contribution in [-0.2, 0) is 4.74 Å². The SMILES string of the molecule is Clc1ccccc1OCCCOCCN1CCNCC1. The topological polar surface area (TPSA) is 33.7 Å². The molecule has 112 valence electrons. The summed E-state index contributed by atoms with van der Waals surface area (Å²) in [6.45, 7) is 7.61. The third-order valence-corrected chi connectivity index (χ3v) is 3.60. The molecule has 0 aromatic heterocycles. The Balaban J connectivity index is 1.46. The zero-order valence-electron chi connectivity index (χ0n) is 11.8. The summed E-state index contributed by atoms with van der Waals surface area (Å²) in [6, 6.07) is 7.54. The van der Waals surface area contributed by atoms with Crippen LogP contribution in [0.1, 0.15) is 6.42 Å². The fraction of sp³-hybridized carbons (Fsp3) is 0.600. The Bertz CT molecular complexity index is 384. The molecular formula is C15H23ClN2O2. The van der Waals surface area contributed by atoms with Crippen LogP contribution >= 0.6 is 11.6 Å². The number of piperazine rings is 1. The van der Waals surface area contributed by atoms with Crippen molar-refractivity contribution in [3.8, 4) is 5.75 Å². The maximum Gasteiger partial charge on any atom is 0.137 e. The standard InChI is InChI=1S/C15H23ClN2O2/c16-14-4-1-2-5-15(14)20-12-3-11-19-13-10-18-8-6-17-7-9-18/h1-2,4-5,17H,3,6-13H2. The first-order chi connectivity index (χ1) is 9.86. The largest absolute Gasteiger partial charge is 0.492 e. The van der Waals surface area contributed by atoms with E-state index in [-0.39, 0.29) is 0 Å². The number of rotatable bonds is 8. The van der Waals surface area contributed by atoms with E-state index in [2.05, 4.69) is 10.2 Å². The zero-order valence-corrected chi connectivity index (χ0v) is 12.6. The van der Waals surface area contributed by atoms with Gasteiger partial charge in [0.15, 0.2) is 0 Å². The second kappa shape index (κ2) is 9.19. The number of nitrogens with zero attached hydrogens (tertiary/aromatic N) is 1. The fourth-order valence-electron chi connectivity index (χ4n) is 2.14. The van der Waals surface area contributed by atoms with Crippen molar-refractivity contribution in [1.29, 1.82) is 0 Å². The molecule has 1 aromatic carbocycles. The average molecular weight is 299 g/mol. The highest BCUT2D eigenvalue weighted by molar-refractivity contribution is 6.32. The maximum atomic E-state index is 6.01. The minimum atomic E-state index is 0.636. The molecule has 4 nitrogen and oxygen atoms in total. The van der Waals surface area contributed by atoms with E-state index in [0.717, 1.165) is 58.1 Å². The Kier molecular flexibility index (Phi) is 7.15. The highest BCUT2D eigenvalue weighted by Gasteiger charge is 2.08. The van der Waals surface area contributed by atoms with Crippen LogP contribution in [0.2, 0.25) is 5.02 Å². The van der Waals surface area contributed by atoms with Crippen LogP contribution in [0.5, 0.6) is 5.75 Å². The van der Waals surface area contributed by atoms with Gasteiger partial charge in [-0.15, -0.1) is 0 Å². The molecule has 0 unspecified atom stereocenters. The highest BCUT2D eigenvalue weighted by atomic mass is 35.5. The summed E-state index contributed by atoms with van der Waals surface area (Å²) in [6.07, 6.45) is 0.882. The molecule has 1 fully saturated rings. The molecule has 1 aromatic rings. The van der Waals surface area contributed by atoms with Crippen molar-refractivity contribution in [2.75, 3.05) is 52.5 Å². The van der Waals surface area contributed by atoms with E-state index in [1.807, 2.05) is 24.3 Å². The molecule has 2 rings (SSSR count). The first-order valence-electron chi connectivity index (χ1n) is 7.24. The number of ether oxygens (including phenoxy) is 2. The Labute approximate surface area is 126 Å². The maximum absolute atomic E-state index is 6.01. The molecule has 0 spiro atoms. The Morgan fingerprint density at radius 2 is 1.90 bits per heavy atom. The first kappa shape index (κ1) is 15.6. The van der Waals surface area contributed by atoms with Crippen LogP contribution < -0.4 is 10.1 Å². The summed E-state index contributed by atoms with van der Waals surface area (Å²) in [5.41, 5.74) is 0. The predicted octanol–water partition coefficient (Wildman–Crippen LogP) is 2.03. The van der Waals surface area contributed by atoms with E-state index in [4.69, 9.17) is 21.1 Å². The van der Waals surface area contributed by atoms with Crippen LogP contribution in [-0.4, -0.2) is 57.4 Å². The van der Waals surface area contributed by atoms with Crippen molar-refractivity contribution in [2.45, 2.75) is 6.42 Å². The Morgan fingerprint density at radius 3 is 2.70 bits per heavy atom. The summed E-state index contributed by atoms with van der Waals surface area (Å²) in [5.74, 6) is 0.745. The molecule has 0 radical (unpaired) electrons. The van der Waals surface area contributed by atoms with Gasteiger partial charge in [0.1, 0.15) is 5.75 Å². The lowest BCUT2D eigenvalue weighted by molar-refractivity contribution is 0.0901. The van der Waals surface area contributed by atoms with Crippen LogP contribution in [0.15, 0.2) is 24.3 Å². The van der Waals surface area contributed by atoms with Crippen molar-refractivity contribution in [1.82, 2.24) is 10.2 Å². The van der Waals surface area contributed by atoms with E-state index in [1.54, 1.807) is 0 Å². The van der Waals surface area contributed by atoms with Crippen molar-refractivity contribution in [3.63, 3.8) is 0 Å². The summed E-state index contributed by atoms with van der Waals surface area (Å²) < 4.78 is 11.2. The van der Waals surface area contributed by atoms with Gasteiger partial charge in [-0.25, -0.2) is 0 Å². The van der Waals surface area contributed by atoms with E-state index in [1.165, 1.54) is 0 Å². The first-order valence-corrected chi connectivity index (χ1v) is 7.62. The summed E-state index contributed by atoms with van der Waals surface area (Å²) >= 11 is 6.01. The zero-order chi connectivity index (χ0) is 14.0. The second-order valence-electron chi connectivity index (χ2n) is 4.84. The van der Waals surface area contributed by atoms with Gasteiger partial charge in [-0.3, -0.25) is 4.90 Å². The van der Waals surface area contributed by atoms with E-state index < -0.39 is 0 Å². The molecule has 20 heavy (non-hydrogen) atoms. The van der Waals surface area contributed by atoms with Gasteiger partial charge in [-0.1, -0.05) is 23.7 Å². The molecule has 1 heterocycles. The van der Waals surface area contributed by atoms with Gasteiger partial charge in [0.2, 0.25) is 0 Å². The summed E-state index contributed by atoms with van der Waals surface area (Å²) in [5, 5.41) is 4.00. The summed E-state index contributed by atoms with van der Waals surface area (Å²) in [4.78, 5) is 2.43. The van der Waals surface area contributed by atoms with Gasteiger partial charge in [0.25, 0.3) is 0 Å². The van der Waals surface area contributed by atoms with Crippen LogP contribution in [0.3, 0.4) is 0 Å². The van der Waals surface area contributed by atoms with Gasteiger partial charge in [-0.2, -0.15) is 0 Å². The normalized spacial score (nSPS) is 16.2. The van der Waals surface area contributed by atoms with Gasteiger partial charge in [0.05, 0.1) is 18.2 Å². The lowest BCUT2D eigenvalue weighted by Gasteiger charge is -2.26. The monoisotopic (exact) mass is 298 g/mol. The van der Waals surface area contributed by atoms with Crippen LogP contribution in [0.4, 0.5) is 0 Å². The predicted molar refractivity (Wildman–Crippen MR) is 81.7 cm³/mol. The van der Waals surface area contributed by atoms with Gasteiger partial charge < -0.3 is 14.8 Å². The van der Waals surface area contributed by atoms with E-state index in [0.29, 0.717) is 11.6 Å². The van der Waals surface area contributed by atoms with E-state index >= 15 is 0 Å². The number of halogens is 1. The fourth-order valence-corrected chi connectivity index (χ4v) is 2.33. The molecular weight excluding hydrogens is 276 g/mol. The summed E-state index contributed by atoms with van der Waals surface area (Å²) in [7, 11) is 0. The van der Waals surface area contributed by atoms with Crippen molar-refractivity contribution < 1.29 is 9.47 Å². The molecule has 5 heteroatoms. The molecule has 1 aliphatic heterocycles. The molecule has 1 aliphatic rings. The number of hydrogen-bond donors (Lipinski definition) is 1. The number of hydrogen-bond acceptors (Lipinski definition) is 4. The average Bonchev–Trinajstić information content (AvgIpc) is 2.49. The lowest BCUT2D eigenvalue weighted by Crippen LogP contribution is -2.44. The van der Waals surface area contributed by atoms with Crippen LogP contribution in [0.25, 0.3) is 0 Å². The highest BCUT2D eigenvalue weighted by Crippen LogP contribution is 2.22. The number of para-hydroxylation sites is 1. The minimum Gasteiger partial charge on any atom is -0.492 e. The van der Waals surface area contributed by atoms with Gasteiger partial charge >= 0.3 is 0 Å². The molecule has 0 amide bonds. The lowest BCUT2D eigenvalue weighted by atomic mass is 10.3. The Morgan fingerprint density at radius 1 is 1.10 bits per heavy atom. The quantitative estimate of drug-likeness (QED) is 0.745. The smallest absolute Gasteiger partial charge is 0.137 e. The third-order valence-electron chi connectivity index (χ3n) is 3.29. The van der Waals surface area contributed by atoms with Crippen molar-refractivity contribution in [2.24, 2.45) is 0 Å². The Hall–Kier alpha value is -0.810. The van der Waals surface area contributed by atoms with Gasteiger partial charge in [0, 0.05) is 45.8 Å². The molecule has 0 atom stereocenters. The molecule has 0 bridgehead atoms. The molecule has 0 aliphatic carbocycles. The molecule has 1 N–H and O–H groups in total. The number of benzene rings is 1. The van der Waals surface area contributed by atoms with E-state index in [9.17, 15) is 0 Å². The second-order valence-corrected chi connectivity index (χ2v) is 5.24. The van der Waals surface area contributed by atoms with Crippen molar-refractivity contribution in [3.05, 3.63) is 29.3 Å².